The summed E-state index contributed by atoms with van der Waals surface area (Å²) in [7, 11) is 2.19. The zero-order chi connectivity index (χ0) is 8.39. The van der Waals surface area contributed by atoms with E-state index in [2.05, 4.69) is 23.0 Å². The van der Waals surface area contributed by atoms with Crippen molar-refractivity contribution in [3.8, 4) is 0 Å². The predicted molar refractivity (Wildman–Crippen MR) is 54.6 cm³/mol. The number of hydrogen-bond donors (Lipinski definition) is 0. The summed E-state index contributed by atoms with van der Waals surface area (Å²) >= 11 is 0. The van der Waals surface area contributed by atoms with E-state index >= 15 is 0 Å². The molecule has 1 aliphatic heterocycles. The van der Waals surface area contributed by atoms with E-state index in [1.54, 1.807) is 0 Å². The molecule has 2 rings (SSSR count). The number of rotatable bonds is 1. The third kappa shape index (κ3) is 2.53. The first-order valence-corrected chi connectivity index (χ1v) is 4.48. The fraction of sp³-hybridized carbons (Fsp3) is 0.500. The quantitative estimate of drug-likeness (QED) is 0.616. The van der Waals surface area contributed by atoms with Crippen molar-refractivity contribution in [3.05, 3.63) is 30.1 Å². The Morgan fingerprint density at radius 3 is 2.92 bits per heavy atom. The molecule has 3 heteroatoms. The summed E-state index contributed by atoms with van der Waals surface area (Å²) in [4.78, 5) is 6.54. The van der Waals surface area contributed by atoms with Crippen LogP contribution in [0.1, 0.15) is 24.4 Å². The van der Waals surface area contributed by atoms with Gasteiger partial charge in [0.05, 0.1) is 0 Å². The van der Waals surface area contributed by atoms with Crippen LogP contribution in [0.25, 0.3) is 0 Å². The number of pyridine rings is 1. The molecule has 1 atom stereocenters. The molecule has 13 heavy (non-hydrogen) atoms. The van der Waals surface area contributed by atoms with Crippen molar-refractivity contribution in [1.82, 2.24) is 9.88 Å². The second kappa shape index (κ2) is 5.11. The molecule has 1 aliphatic rings. The number of nitrogens with zero attached hydrogens (tertiary/aromatic N) is 2. The monoisotopic (exact) mass is 185 g/mol. The van der Waals surface area contributed by atoms with E-state index in [0.717, 1.165) is 0 Å². The molecule has 1 saturated heterocycles. The van der Waals surface area contributed by atoms with Crippen LogP contribution in [0.2, 0.25) is 0 Å². The van der Waals surface area contributed by atoms with Crippen LogP contribution in [0.3, 0.4) is 0 Å². The molecule has 1 aromatic heterocycles. The largest absolute Gasteiger partial charge is 0.299 e. The van der Waals surface area contributed by atoms with E-state index < -0.39 is 0 Å². The minimum atomic E-state index is 0. The van der Waals surface area contributed by atoms with E-state index in [-0.39, 0.29) is 29.6 Å². The molecule has 1 radical (unpaired) electrons. The summed E-state index contributed by atoms with van der Waals surface area (Å²) in [5.41, 5.74) is 1.36. The Kier molecular flexibility index (Phi) is 4.39. The summed E-state index contributed by atoms with van der Waals surface area (Å²) in [6, 6.07) is 4.79. The summed E-state index contributed by atoms with van der Waals surface area (Å²) in [5.74, 6) is 0. The smallest absolute Gasteiger partial charge is 0.0360 e. The maximum Gasteiger partial charge on any atom is 0.0360 e. The molecule has 2 nitrogen and oxygen atoms in total. The van der Waals surface area contributed by atoms with Crippen LogP contribution < -0.4 is 0 Å². The van der Waals surface area contributed by atoms with Crippen LogP contribution in [-0.4, -0.2) is 53.0 Å². The fourth-order valence-electron chi connectivity index (χ4n) is 1.90. The Labute approximate surface area is 102 Å². The molecular formula is C10H14N2Na. The van der Waals surface area contributed by atoms with Crippen molar-refractivity contribution < 1.29 is 0 Å². The van der Waals surface area contributed by atoms with E-state index in [0.29, 0.717) is 6.04 Å². The maximum absolute atomic E-state index is 4.14. The Morgan fingerprint density at radius 1 is 1.54 bits per heavy atom. The van der Waals surface area contributed by atoms with Gasteiger partial charge in [-0.05, 0) is 38.1 Å². The standard InChI is InChI=1S/C10H14N2.Na/c1-12-7-3-5-10(12)9-4-2-6-11-8-9;/h2,4,6,8,10H,3,5,7H2,1H3;. The van der Waals surface area contributed by atoms with Gasteiger partial charge in [-0.2, -0.15) is 0 Å². The van der Waals surface area contributed by atoms with Gasteiger partial charge in [0, 0.05) is 48.0 Å². The third-order valence-electron chi connectivity index (χ3n) is 2.59. The summed E-state index contributed by atoms with van der Waals surface area (Å²) in [6.45, 7) is 1.22. The zero-order valence-electron chi connectivity index (χ0n) is 8.40. The van der Waals surface area contributed by atoms with Gasteiger partial charge in [-0.3, -0.25) is 9.88 Å². The molecular weight excluding hydrogens is 171 g/mol. The first-order valence-electron chi connectivity index (χ1n) is 4.48. The third-order valence-corrected chi connectivity index (χ3v) is 2.59. The molecule has 0 saturated carbocycles. The van der Waals surface area contributed by atoms with Gasteiger partial charge in [-0.1, -0.05) is 6.07 Å². The molecule has 2 heterocycles. The van der Waals surface area contributed by atoms with Crippen LogP contribution in [0, 0.1) is 0 Å². The van der Waals surface area contributed by atoms with Crippen molar-refractivity contribution >= 4 is 29.6 Å². The van der Waals surface area contributed by atoms with E-state index in [4.69, 9.17) is 0 Å². The Morgan fingerprint density at radius 2 is 2.38 bits per heavy atom. The minimum absolute atomic E-state index is 0. The van der Waals surface area contributed by atoms with E-state index in [1.165, 1.54) is 24.9 Å². The van der Waals surface area contributed by atoms with Crippen LogP contribution in [0.4, 0.5) is 0 Å². The second-order valence-corrected chi connectivity index (χ2v) is 3.42. The molecule has 0 N–H and O–H groups in total. The second-order valence-electron chi connectivity index (χ2n) is 3.42. The van der Waals surface area contributed by atoms with Crippen molar-refractivity contribution in [2.24, 2.45) is 0 Å². The predicted octanol–water partition coefficient (Wildman–Crippen LogP) is 1.47. The SMILES string of the molecule is CN1CCCC1c1cccnc1.[Na]. The summed E-state index contributed by atoms with van der Waals surface area (Å²) in [5, 5.41) is 0. The molecule has 1 unspecified atom stereocenters. The van der Waals surface area contributed by atoms with Gasteiger partial charge in [0.15, 0.2) is 0 Å². The summed E-state index contributed by atoms with van der Waals surface area (Å²) in [6.07, 6.45) is 6.41. The van der Waals surface area contributed by atoms with Crippen molar-refractivity contribution in [2.45, 2.75) is 18.9 Å². The molecule has 1 aromatic rings. The molecule has 0 aromatic carbocycles. The van der Waals surface area contributed by atoms with Gasteiger partial charge in [0.2, 0.25) is 0 Å². The molecule has 0 bridgehead atoms. The average molecular weight is 185 g/mol. The van der Waals surface area contributed by atoms with E-state index in [9.17, 15) is 0 Å². The first kappa shape index (κ1) is 11.2. The van der Waals surface area contributed by atoms with Gasteiger partial charge in [-0.25, -0.2) is 0 Å². The zero-order valence-corrected chi connectivity index (χ0v) is 10.4. The molecule has 1 fully saturated rings. The van der Waals surface area contributed by atoms with Crippen LogP contribution in [0.5, 0.6) is 0 Å². The minimum Gasteiger partial charge on any atom is -0.299 e. The summed E-state index contributed by atoms with van der Waals surface area (Å²) < 4.78 is 0. The molecule has 0 spiro atoms. The van der Waals surface area contributed by atoms with Gasteiger partial charge >= 0.3 is 0 Å². The molecule has 0 aliphatic carbocycles. The van der Waals surface area contributed by atoms with Crippen LogP contribution in [-0.2, 0) is 0 Å². The number of hydrogen-bond acceptors (Lipinski definition) is 2. The van der Waals surface area contributed by atoms with Crippen molar-refractivity contribution in [1.29, 1.82) is 0 Å². The number of aromatic nitrogens is 1. The first-order chi connectivity index (χ1) is 5.88. The normalized spacial score (nSPS) is 22.7. The van der Waals surface area contributed by atoms with Gasteiger partial charge in [0.1, 0.15) is 0 Å². The van der Waals surface area contributed by atoms with Crippen LogP contribution >= 0.6 is 0 Å². The Balaban J connectivity index is 0.000000845. The Bertz CT molecular complexity index is 250. The molecule has 0 amide bonds. The Hall–Kier alpha value is 0.110. The van der Waals surface area contributed by atoms with Crippen LogP contribution in [0.15, 0.2) is 24.5 Å². The maximum atomic E-state index is 4.14. The van der Waals surface area contributed by atoms with Crippen molar-refractivity contribution in [2.75, 3.05) is 13.6 Å². The van der Waals surface area contributed by atoms with Gasteiger partial charge in [-0.15, -0.1) is 0 Å². The topological polar surface area (TPSA) is 16.1 Å². The van der Waals surface area contributed by atoms with Gasteiger partial charge < -0.3 is 0 Å². The number of likely N-dealkylation sites (tertiary alicyclic amines) is 1. The van der Waals surface area contributed by atoms with Gasteiger partial charge in [0.25, 0.3) is 0 Å². The average Bonchev–Trinajstić information content (AvgIpc) is 2.53. The fourth-order valence-corrected chi connectivity index (χ4v) is 1.90. The van der Waals surface area contributed by atoms with E-state index in [1.807, 2.05) is 18.5 Å². The van der Waals surface area contributed by atoms with Crippen molar-refractivity contribution in [3.63, 3.8) is 0 Å². The molecule has 65 valence electrons.